The van der Waals surface area contributed by atoms with E-state index in [9.17, 15) is 0 Å². The molecule has 4 heteroatoms. The Balaban J connectivity index is 2.07. The molecule has 1 aliphatic rings. The number of hydrogen-bond acceptors (Lipinski definition) is 3. The van der Waals surface area contributed by atoms with Gasteiger partial charge in [0.1, 0.15) is 16.8 Å². The van der Waals surface area contributed by atoms with Gasteiger partial charge in [0, 0.05) is 18.5 Å². The molecule has 2 rings (SSSR count). The average molecular weight is 254 g/mol. The third-order valence-electron chi connectivity index (χ3n) is 3.68. The second-order valence-corrected chi connectivity index (χ2v) is 5.89. The summed E-state index contributed by atoms with van der Waals surface area (Å²) < 4.78 is 0. The van der Waals surface area contributed by atoms with E-state index in [0.29, 0.717) is 10.6 Å². The lowest BCUT2D eigenvalue weighted by atomic mass is 10.1. The predicted molar refractivity (Wildman–Crippen MR) is 71.5 cm³/mol. The van der Waals surface area contributed by atoms with Crippen LogP contribution in [0, 0.1) is 18.3 Å². The van der Waals surface area contributed by atoms with Crippen LogP contribution in [0.5, 0.6) is 0 Å². The number of hydrogen-bond donors (Lipinski definition) is 1. The summed E-state index contributed by atoms with van der Waals surface area (Å²) in [5, 5.41) is 3.97. The highest BCUT2D eigenvalue weighted by Crippen LogP contribution is 2.51. The molecule has 17 heavy (non-hydrogen) atoms. The van der Waals surface area contributed by atoms with Gasteiger partial charge in [-0.25, -0.2) is 9.97 Å². The summed E-state index contributed by atoms with van der Waals surface area (Å²) in [4.78, 5) is 8.73. The van der Waals surface area contributed by atoms with Gasteiger partial charge >= 0.3 is 0 Å². The van der Waals surface area contributed by atoms with Crippen molar-refractivity contribution in [3.63, 3.8) is 0 Å². The Bertz CT molecular complexity index is 429. The molecule has 0 amide bonds. The molecule has 3 nitrogen and oxygen atoms in total. The van der Waals surface area contributed by atoms with E-state index in [1.165, 1.54) is 6.42 Å². The van der Waals surface area contributed by atoms with E-state index in [2.05, 4.69) is 29.1 Å². The molecule has 1 aromatic heterocycles. The predicted octanol–water partition coefficient (Wildman–Crippen LogP) is 3.46. The third-order valence-corrected chi connectivity index (χ3v) is 4.05. The fourth-order valence-corrected chi connectivity index (χ4v) is 2.19. The number of nitrogens with one attached hydrogen (secondary N) is 1. The summed E-state index contributed by atoms with van der Waals surface area (Å²) in [6.07, 6.45) is 2.10. The van der Waals surface area contributed by atoms with Crippen molar-refractivity contribution in [2.24, 2.45) is 11.3 Å². The molecule has 0 aliphatic heterocycles. The molecule has 1 fully saturated rings. The van der Waals surface area contributed by atoms with Crippen LogP contribution in [0.25, 0.3) is 0 Å². The van der Waals surface area contributed by atoms with E-state index >= 15 is 0 Å². The van der Waals surface area contributed by atoms with E-state index in [1.807, 2.05) is 13.8 Å². The Morgan fingerprint density at radius 1 is 1.41 bits per heavy atom. The Hall–Kier alpha value is -0.830. The van der Waals surface area contributed by atoms with Gasteiger partial charge in [0.2, 0.25) is 0 Å². The molecule has 1 atom stereocenters. The van der Waals surface area contributed by atoms with Crippen LogP contribution in [0.1, 0.15) is 38.6 Å². The van der Waals surface area contributed by atoms with E-state index < -0.39 is 0 Å². The second-order valence-electron chi connectivity index (χ2n) is 5.53. The van der Waals surface area contributed by atoms with E-state index in [0.717, 1.165) is 36.1 Å². The Morgan fingerprint density at radius 3 is 2.59 bits per heavy atom. The van der Waals surface area contributed by atoms with E-state index in [1.54, 1.807) is 0 Å². The number of rotatable bonds is 4. The Morgan fingerprint density at radius 2 is 2.06 bits per heavy atom. The molecule has 0 bridgehead atoms. The number of nitrogens with zero attached hydrogens (tertiary/aromatic N) is 2. The van der Waals surface area contributed by atoms with Gasteiger partial charge in [-0.3, -0.25) is 0 Å². The molecule has 1 saturated carbocycles. The first kappa shape index (κ1) is 12.6. The quantitative estimate of drug-likeness (QED) is 0.835. The van der Waals surface area contributed by atoms with Gasteiger partial charge in [-0.15, -0.1) is 0 Å². The Labute approximate surface area is 108 Å². The van der Waals surface area contributed by atoms with Crippen molar-refractivity contribution in [2.75, 3.05) is 11.9 Å². The number of anilines is 1. The van der Waals surface area contributed by atoms with Gasteiger partial charge in [-0.2, -0.15) is 0 Å². The molecule has 0 spiro atoms. The van der Waals surface area contributed by atoms with Gasteiger partial charge in [-0.05, 0) is 24.7 Å². The number of aromatic nitrogens is 2. The topological polar surface area (TPSA) is 37.8 Å². The van der Waals surface area contributed by atoms with Crippen molar-refractivity contribution in [1.29, 1.82) is 0 Å². The molecule has 1 heterocycles. The van der Waals surface area contributed by atoms with Gasteiger partial charge in [0.25, 0.3) is 0 Å². The van der Waals surface area contributed by atoms with Gasteiger partial charge in [-0.1, -0.05) is 32.4 Å². The summed E-state index contributed by atoms with van der Waals surface area (Å²) in [5.74, 6) is 2.45. The summed E-state index contributed by atoms with van der Waals surface area (Å²) in [7, 11) is 0. The highest BCUT2D eigenvalue weighted by atomic mass is 35.5. The standard InChI is InChI=1S/C13H20ClN3/c1-5-10-16-11(14)8(2)12(17-10)15-7-9-6-13(9,3)4/h9H,5-7H2,1-4H3,(H,15,16,17). The average Bonchev–Trinajstić information content (AvgIpc) is 2.88. The molecular formula is C13H20ClN3. The van der Waals surface area contributed by atoms with Crippen molar-refractivity contribution in [1.82, 2.24) is 9.97 Å². The van der Waals surface area contributed by atoms with Crippen LogP contribution in [-0.4, -0.2) is 16.5 Å². The number of aryl methyl sites for hydroxylation is 1. The van der Waals surface area contributed by atoms with Crippen LogP contribution in [0.4, 0.5) is 5.82 Å². The first-order chi connectivity index (χ1) is 7.94. The van der Waals surface area contributed by atoms with Crippen LogP contribution >= 0.6 is 11.6 Å². The van der Waals surface area contributed by atoms with E-state index in [-0.39, 0.29) is 0 Å². The zero-order valence-electron chi connectivity index (χ0n) is 11.0. The molecule has 1 aliphatic carbocycles. The lowest BCUT2D eigenvalue weighted by molar-refractivity contribution is 0.572. The van der Waals surface area contributed by atoms with Gasteiger partial charge < -0.3 is 5.32 Å². The minimum Gasteiger partial charge on any atom is -0.369 e. The SMILES string of the molecule is CCc1nc(Cl)c(C)c(NCC2CC2(C)C)n1. The van der Waals surface area contributed by atoms with Crippen molar-refractivity contribution in [2.45, 2.75) is 40.5 Å². The van der Waals surface area contributed by atoms with Crippen LogP contribution in [-0.2, 0) is 6.42 Å². The largest absolute Gasteiger partial charge is 0.369 e. The molecule has 0 aromatic carbocycles. The first-order valence-corrected chi connectivity index (χ1v) is 6.58. The Kier molecular flexibility index (Phi) is 3.30. The second kappa shape index (κ2) is 4.45. The maximum atomic E-state index is 6.09. The normalized spacial score (nSPS) is 21.4. The van der Waals surface area contributed by atoms with Crippen molar-refractivity contribution in [3.8, 4) is 0 Å². The molecular weight excluding hydrogens is 234 g/mol. The van der Waals surface area contributed by atoms with Gasteiger partial charge in [0.05, 0.1) is 0 Å². The maximum Gasteiger partial charge on any atom is 0.137 e. The van der Waals surface area contributed by atoms with Crippen molar-refractivity contribution >= 4 is 17.4 Å². The summed E-state index contributed by atoms with van der Waals surface area (Å²) in [6.45, 7) is 9.58. The number of halogens is 1. The molecule has 94 valence electrons. The monoisotopic (exact) mass is 253 g/mol. The zero-order chi connectivity index (χ0) is 12.6. The first-order valence-electron chi connectivity index (χ1n) is 6.21. The molecule has 1 unspecified atom stereocenters. The lowest BCUT2D eigenvalue weighted by Crippen LogP contribution is -2.11. The lowest BCUT2D eigenvalue weighted by Gasteiger charge is -2.11. The summed E-state index contributed by atoms with van der Waals surface area (Å²) in [5.41, 5.74) is 1.44. The van der Waals surface area contributed by atoms with Crippen molar-refractivity contribution < 1.29 is 0 Å². The molecule has 0 radical (unpaired) electrons. The fourth-order valence-electron chi connectivity index (χ4n) is 2.01. The highest BCUT2D eigenvalue weighted by Gasteiger charge is 2.45. The highest BCUT2D eigenvalue weighted by molar-refractivity contribution is 6.30. The van der Waals surface area contributed by atoms with Crippen LogP contribution in [0.2, 0.25) is 5.15 Å². The molecule has 1 aromatic rings. The molecule has 1 N–H and O–H groups in total. The minimum absolute atomic E-state index is 0.491. The van der Waals surface area contributed by atoms with Crippen LogP contribution in [0.3, 0.4) is 0 Å². The smallest absolute Gasteiger partial charge is 0.137 e. The minimum atomic E-state index is 0.491. The maximum absolute atomic E-state index is 6.09. The van der Waals surface area contributed by atoms with Crippen LogP contribution < -0.4 is 5.32 Å². The van der Waals surface area contributed by atoms with Crippen LogP contribution in [0.15, 0.2) is 0 Å². The fraction of sp³-hybridized carbons (Fsp3) is 0.692. The molecule has 0 saturated heterocycles. The van der Waals surface area contributed by atoms with E-state index in [4.69, 9.17) is 11.6 Å². The van der Waals surface area contributed by atoms with Gasteiger partial charge in [0.15, 0.2) is 0 Å². The third kappa shape index (κ3) is 2.71. The van der Waals surface area contributed by atoms with Crippen molar-refractivity contribution in [3.05, 3.63) is 16.5 Å². The zero-order valence-corrected chi connectivity index (χ0v) is 11.7. The summed E-state index contributed by atoms with van der Waals surface area (Å²) >= 11 is 6.09. The summed E-state index contributed by atoms with van der Waals surface area (Å²) in [6, 6.07) is 0.